The summed E-state index contributed by atoms with van der Waals surface area (Å²) in [6.07, 6.45) is 1.82. The summed E-state index contributed by atoms with van der Waals surface area (Å²) >= 11 is 0. The van der Waals surface area contributed by atoms with Crippen LogP contribution in [-0.2, 0) is 0 Å². The number of benzene rings is 6. The summed E-state index contributed by atoms with van der Waals surface area (Å²) in [4.78, 5) is 14.8. The predicted octanol–water partition coefficient (Wildman–Crippen LogP) is 10.00. The maximum Gasteiger partial charge on any atom is 0.160 e. The van der Waals surface area contributed by atoms with Gasteiger partial charge in [-0.2, -0.15) is 0 Å². The van der Waals surface area contributed by atoms with Gasteiger partial charge in [0.15, 0.2) is 5.82 Å². The Morgan fingerprint density at radius 3 is 1.81 bits per heavy atom. The molecule has 0 spiro atoms. The van der Waals surface area contributed by atoms with E-state index in [1.807, 2.05) is 24.4 Å². The van der Waals surface area contributed by atoms with Gasteiger partial charge >= 0.3 is 0 Å². The number of pyridine rings is 1. The highest BCUT2D eigenvalue weighted by Crippen LogP contribution is 2.36. The molecule has 6 aromatic carbocycles. The molecule has 0 aliphatic carbocycles. The van der Waals surface area contributed by atoms with Gasteiger partial charge in [0.25, 0.3) is 0 Å². The summed E-state index contributed by atoms with van der Waals surface area (Å²) in [5.41, 5.74) is 6.92. The second-order valence-corrected chi connectivity index (χ2v) is 10.5. The van der Waals surface area contributed by atoms with Crippen molar-refractivity contribution < 1.29 is 0 Å². The molecule has 0 bridgehead atoms. The number of nitrogens with zero attached hydrogens (tertiary/aromatic N) is 3. The molecule has 0 radical (unpaired) electrons. The average molecular weight is 536 g/mol. The van der Waals surface area contributed by atoms with Gasteiger partial charge in [0.2, 0.25) is 0 Å². The number of rotatable bonds is 4. The maximum atomic E-state index is 5.19. The molecule has 3 heteroatoms. The van der Waals surface area contributed by atoms with E-state index in [9.17, 15) is 0 Å². The van der Waals surface area contributed by atoms with Crippen molar-refractivity contribution in [2.75, 3.05) is 0 Å². The largest absolute Gasteiger partial charge is 0.256 e. The van der Waals surface area contributed by atoms with E-state index in [0.29, 0.717) is 5.82 Å². The van der Waals surface area contributed by atoms with Gasteiger partial charge in [-0.1, -0.05) is 115 Å². The molecule has 0 saturated carbocycles. The molecule has 42 heavy (non-hydrogen) atoms. The minimum absolute atomic E-state index is 0.695. The minimum atomic E-state index is 0.695. The third-order valence-electron chi connectivity index (χ3n) is 7.92. The zero-order chi connectivity index (χ0) is 27.9. The normalized spacial score (nSPS) is 11.3. The molecule has 0 amide bonds. The van der Waals surface area contributed by atoms with E-state index in [1.165, 1.54) is 32.3 Å². The standard InChI is InChI=1S/C39H25N3/c1-2-10-29-23-31(21-16-26(29)9-1)37-25-38(35-24-30-11-3-4-12-32(30)33-13-5-6-14-34(33)35)42-39(41-37)28-19-17-27(18-20-28)36-15-7-8-22-40-36/h1-25H. The molecular formula is C39H25N3. The Labute approximate surface area is 243 Å². The van der Waals surface area contributed by atoms with Crippen molar-refractivity contribution in [3.63, 3.8) is 0 Å². The average Bonchev–Trinajstić information content (AvgIpc) is 3.08. The van der Waals surface area contributed by atoms with Gasteiger partial charge in [0.1, 0.15) is 0 Å². The second kappa shape index (κ2) is 10.1. The van der Waals surface area contributed by atoms with E-state index in [4.69, 9.17) is 9.97 Å². The molecule has 0 unspecified atom stereocenters. The lowest BCUT2D eigenvalue weighted by atomic mass is 9.95. The van der Waals surface area contributed by atoms with Crippen LogP contribution in [0.1, 0.15) is 0 Å². The van der Waals surface area contributed by atoms with Crippen molar-refractivity contribution in [1.29, 1.82) is 0 Å². The second-order valence-electron chi connectivity index (χ2n) is 10.5. The fourth-order valence-corrected chi connectivity index (χ4v) is 5.80. The quantitative estimate of drug-likeness (QED) is 0.211. The van der Waals surface area contributed by atoms with Crippen LogP contribution in [0, 0.1) is 0 Å². The van der Waals surface area contributed by atoms with E-state index < -0.39 is 0 Å². The first-order chi connectivity index (χ1) is 20.8. The molecule has 0 fully saturated rings. The molecule has 2 aromatic heterocycles. The van der Waals surface area contributed by atoms with E-state index in [-0.39, 0.29) is 0 Å². The van der Waals surface area contributed by atoms with E-state index >= 15 is 0 Å². The molecule has 0 N–H and O–H groups in total. The van der Waals surface area contributed by atoms with E-state index in [2.05, 4.69) is 132 Å². The highest BCUT2D eigenvalue weighted by atomic mass is 14.9. The van der Waals surface area contributed by atoms with Crippen LogP contribution < -0.4 is 0 Å². The molecule has 0 atom stereocenters. The molecule has 0 aliphatic heterocycles. The highest BCUT2D eigenvalue weighted by molar-refractivity contribution is 6.13. The van der Waals surface area contributed by atoms with Gasteiger partial charge in [-0.25, -0.2) is 9.97 Å². The van der Waals surface area contributed by atoms with Gasteiger partial charge in [-0.3, -0.25) is 4.98 Å². The van der Waals surface area contributed by atoms with Gasteiger partial charge in [-0.15, -0.1) is 0 Å². The Balaban J connectivity index is 1.35. The first kappa shape index (κ1) is 24.2. The third-order valence-corrected chi connectivity index (χ3v) is 7.92. The Kier molecular flexibility index (Phi) is 5.79. The first-order valence-corrected chi connectivity index (χ1v) is 14.1. The summed E-state index contributed by atoms with van der Waals surface area (Å²) in [5.74, 6) is 0.695. The van der Waals surface area contributed by atoms with Crippen LogP contribution in [0.5, 0.6) is 0 Å². The molecule has 0 aliphatic rings. The monoisotopic (exact) mass is 535 g/mol. The molecule has 196 valence electrons. The minimum Gasteiger partial charge on any atom is -0.256 e. The molecule has 8 rings (SSSR count). The topological polar surface area (TPSA) is 38.7 Å². The SMILES string of the molecule is c1ccc(-c2ccc(-c3nc(-c4ccc5ccccc5c4)cc(-c4cc5ccccc5c5ccccc45)n3)cc2)nc1. The van der Waals surface area contributed by atoms with Gasteiger partial charge in [-0.05, 0) is 62.6 Å². The lowest BCUT2D eigenvalue weighted by Crippen LogP contribution is -1.97. The summed E-state index contributed by atoms with van der Waals surface area (Å²) in [5, 5.41) is 7.23. The van der Waals surface area contributed by atoms with Crippen molar-refractivity contribution in [2.24, 2.45) is 0 Å². The number of fused-ring (bicyclic) bond motifs is 4. The molecule has 8 aromatic rings. The zero-order valence-corrected chi connectivity index (χ0v) is 22.8. The van der Waals surface area contributed by atoms with Gasteiger partial charge in [0, 0.05) is 28.5 Å². The number of hydrogen-bond acceptors (Lipinski definition) is 3. The summed E-state index contributed by atoms with van der Waals surface area (Å²) in [6, 6.07) is 50.8. The van der Waals surface area contributed by atoms with Crippen molar-refractivity contribution in [2.45, 2.75) is 0 Å². The molecular weight excluding hydrogens is 510 g/mol. The van der Waals surface area contributed by atoms with Crippen LogP contribution in [0.25, 0.3) is 77.5 Å². The number of aromatic nitrogens is 3. The van der Waals surface area contributed by atoms with Crippen molar-refractivity contribution in [1.82, 2.24) is 15.0 Å². The van der Waals surface area contributed by atoms with E-state index in [0.717, 1.165) is 39.3 Å². The van der Waals surface area contributed by atoms with Crippen LogP contribution in [0.2, 0.25) is 0 Å². The highest BCUT2D eigenvalue weighted by Gasteiger charge is 2.15. The zero-order valence-electron chi connectivity index (χ0n) is 22.8. The van der Waals surface area contributed by atoms with Crippen LogP contribution in [0.3, 0.4) is 0 Å². The lowest BCUT2D eigenvalue weighted by molar-refractivity contribution is 1.19. The maximum absolute atomic E-state index is 5.19. The Hall–Kier alpha value is -5.67. The molecule has 3 nitrogen and oxygen atoms in total. The Morgan fingerprint density at radius 1 is 0.357 bits per heavy atom. The van der Waals surface area contributed by atoms with Gasteiger partial charge in [0.05, 0.1) is 17.1 Å². The van der Waals surface area contributed by atoms with Crippen molar-refractivity contribution in [3.8, 4) is 45.2 Å². The van der Waals surface area contributed by atoms with Crippen LogP contribution in [-0.4, -0.2) is 15.0 Å². The van der Waals surface area contributed by atoms with Crippen LogP contribution >= 0.6 is 0 Å². The molecule has 0 saturated heterocycles. The van der Waals surface area contributed by atoms with Crippen molar-refractivity contribution in [3.05, 3.63) is 152 Å². The molecule has 2 heterocycles. The fraction of sp³-hybridized carbons (Fsp3) is 0. The third kappa shape index (κ3) is 4.29. The van der Waals surface area contributed by atoms with Crippen LogP contribution in [0.15, 0.2) is 152 Å². The smallest absolute Gasteiger partial charge is 0.160 e. The fourth-order valence-electron chi connectivity index (χ4n) is 5.80. The lowest BCUT2D eigenvalue weighted by Gasteiger charge is -2.14. The predicted molar refractivity (Wildman–Crippen MR) is 174 cm³/mol. The summed E-state index contributed by atoms with van der Waals surface area (Å²) in [7, 11) is 0. The summed E-state index contributed by atoms with van der Waals surface area (Å²) < 4.78 is 0. The van der Waals surface area contributed by atoms with Gasteiger partial charge < -0.3 is 0 Å². The first-order valence-electron chi connectivity index (χ1n) is 14.1. The van der Waals surface area contributed by atoms with Crippen LogP contribution in [0.4, 0.5) is 0 Å². The Bertz CT molecular complexity index is 2240. The summed E-state index contributed by atoms with van der Waals surface area (Å²) in [6.45, 7) is 0. The number of hydrogen-bond donors (Lipinski definition) is 0. The van der Waals surface area contributed by atoms with Crippen molar-refractivity contribution >= 4 is 32.3 Å². The Morgan fingerprint density at radius 2 is 1.00 bits per heavy atom. The van der Waals surface area contributed by atoms with E-state index in [1.54, 1.807) is 0 Å².